The summed E-state index contributed by atoms with van der Waals surface area (Å²) in [5, 5.41) is 3.80. The van der Waals surface area contributed by atoms with Gasteiger partial charge in [0.25, 0.3) is 0 Å². The van der Waals surface area contributed by atoms with Gasteiger partial charge in [-0.05, 0) is 49.8 Å². The molecule has 1 fully saturated rings. The fraction of sp³-hybridized carbons (Fsp3) is 0.684. The lowest BCUT2D eigenvalue weighted by molar-refractivity contribution is 0.313. The van der Waals surface area contributed by atoms with Gasteiger partial charge in [-0.3, -0.25) is 0 Å². The fourth-order valence-corrected chi connectivity index (χ4v) is 3.39. The van der Waals surface area contributed by atoms with E-state index in [2.05, 4.69) is 61.3 Å². The van der Waals surface area contributed by atoms with Crippen LogP contribution in [0.3, 0.4) is 0 Å². The first-order valence-electron chi connectivity index (χ1n) is 8.72. The predicted octanol–water partition coefficient (Wildman–Crippen LogP) is 4.32. The van der Waals surface area contributed by atoms with Gasteiger partial charge in [-0.15, -0.1) is 0 Å². The number of piperidine rings is 1. The highest BCUT2D eigenvalue weighted by atomic mass is 15.2. The maximum absolute atomic E-state index is 3.80. The Hall–Kier alpha value is -1.02. The molecule has 0 aromatic heterocycles. The number of hydrogen-bond acceptors (Lipinski definition) is 2. The van der Waals surface area contributed by atoms with Crippen LogP contribution in [0.2, 0.25) is 0 Å². The highest BCUT2D eigenvalue weighted by molar-refractivity contribution is 5.46. The van der Waals surface area contributed by atoms with E-state index in [1.807, 2.05) is 0 Å². The molecule has 0 spiro atoms. The quantitative estimate of drug-likeness (QED) is 0.804. The number of para-hydroxylation sites is 1. The van der Waals surface area contributed by atoms with E-state index in [-0.39, 0.29) is 0 Å². The van der Waals surface area contributed by atoms with Gasteiger partial charge in [0, 0.05) is 24.8 Å². The molecule has 1 aromatic carbocycles. The highest BCUT2D eigenvalue weighted by Crippen LogP contribution is 2.26. The molecule has 2 atom stereocenters. The van der Waals surface area contributed by atoms with E-state index >= 15 is 0 Å². The van der Waals surface area contributed by atoms with Gasteiger partial charge in [-0.1, -0.05) is 45.4 Å². The molecule has 1 N–H and O–H groups in total. The predicted molar refractivity (Wildman–Crippen MR) is 92.9 cm³/mol. The van der Waals surface area contributed by atoms with Crippen molar-refractivity contribution >= 4 is 5.69 Å². The lowest BCUT2D eigenvalue weighted by Gasteiger charge is -2.40. The Bertz CT molecular complexity index is 388. The second kappa shape index (κ2) is 8.43. The van der Waals surface area contributed by atoms with E-state index < -0.39 is 0 Å². The van der Waals surface area contributed by atoms with Crippen molar-refractivity contribution in [3.8, 4) is 0 Å². The summed E-state index contributed by atoms with van der Waals surface area (Å²) in [7, 11) is 0. The SMILES string of the molecule is CCCC1CC(NCCC(C)C)CN(c2ccccc2)C1. The fourth-order valence-electron chi connectivity index (χ4n) is 3.39. The molecule has 1 aromatic rings. The molecule has 1 saturated heterocycles. The monoisotopic (exact) mass is 288 g/mol. The largest absolute Gasteiger partial charge is 0.370 e. The van der Waals surface area contributed by atoms with E-state index in [1.165, 1.54) is 37.9 Å². The summed E-state index contributed by atoms with van der Waals surface area (Å²) in [5.74, 6) is 1.62. The molecule has 1 aliphatic rings. The van der Waals surface area contributed by atoms with Crippen molar-refractivity contribution in [2.45, 2.75) is 52.5 Å². The summed E-state index contributed by atoms with van der Waals surface area (Å²) in [6, 6.07) is 11.6. The molecule has 2 nitrogen and oxygen atoms in total. The number of hydrogen-bond donors (Lipinski definition) is 1. The van der Waals surface area contributed by atoms with Crippen LogP contribution >= 0.6 is 0 Å². The zero-order chi connectivity index (χ0) is 15.1. The third-order valence-corrected chi connectivity index (χ3v) is 4.51. The number of nitrogens with one attached hydrogen (secondary N) is 1. The molecule has 2 rings (SSSR count). The standard InChI is InChI=1S/C19H32N2/c1-4-8-17-13-18(20-12-11-16(2)3)15-21(14-17)19-9-6-5-7-10-19/h5-7,9-10,16-18,20H,4,8,11-15H2,1-3H3. The van der Waals surface area contributed by atoms with Crippen LogP contribution in [0.25, 0.3) is 0 Å². The maximum atomic E-state index is 3.80. The third-order valence-electron chi connectivity index (χ3n) is 4.51. The lowest BCUT2D eigenvalue weighted by Crippen LogP contribution is -2.49. The van der Waals surface area contributed by atoms with Gasteiger partial charge in [-0.25, -0.2) is 0 Å². The summed E-state index contributed by atoms with van der Waals surface area (Å²) in [6.45, 7) is 10.5. The van der Waals surface area contributed by atoms with Crippen molar-refractivity contribution in [1.29, 1.82) is 0 Å². The summed E-state index contributed by atoms with van der Waals surface area (Å²) < 4.78 is 0. The number of anilines is 1. The van der Waals surface area contributed by atoms with E-state index in [4.69, 9.17) is 0 Å². The van der Waals surface area contributed by atoms with E-state index in [0.717, 1.165) is 24.9 Å². The van der Waals surface area contributed by atoms with Gasteiger partial charge in [0.1, 0.15) is 0 Å². The van der Waals surface area contributed by atoms with E-state index in [9.17, 15) is 0 Å². The molecule has 0 amide bonds. The maximum Gasteiger partial charge on any atom is 0.0366 e. The van der Waals surface area contributed by atoms with Crippen LogP contribution in [0.4, 0.5) is 5.69 Å². The minimum Gasteiger partial charge on any atom is -0.370 e. The van der Waals surface area contributed by atoms with Crippen molar-refractivity contribution in [3.05, 3.63) is 30.3 Å². The van der Waals surface area contributed by atoms with Gasteiger partial charge in [-0.2, -0.15) is 0 Å². The first-order valence-corrected chi connectivity index (χ1v) is 8.72. The normalized spacial score (nSPS) is 22.8. The molecule has 2 heteroatoms. The van der Waals surface area contributed by atoms with Gasteiger partial charge in [0.15, 0.2) is 0 Å². The molecule has 1 aliphatic heterocycles. The van der Waals surface area contributed by atoms with Crippen LogP contribution in [-0.4, -0.2) is 25.7 Å². The Morgan fingerprint density at radius 3 is 2.62 bits per heavy atom. The van der Waals surface area contributed by atoms with Crippen LogP contribution in [0, 0.1) is 11.8 Å². The van der Waals surface area contributed by atoms with Crippen LogP contribution < -0.4 is 10.2 Å². The first-order chi connectivity index (χ1) is 10.2. The van der Waals surface area contributed by atoms with E-state index in [0.29, 0.717) is 6.04 Å². The minimum atomic E-state index is 0.647. The lowest BCUT2D eigenvalue weighted by atomic mass is 9.90. The van der Waals surface area contributed by atoms with Crippen LogP contribution in [0.1, 0.15) is 46.5 Å². The van der Waals surface area contributed by atoms with Gasteiger partial charge in [0.2, 0.25) is 0 Å². The van der Waals surface area contributed by atoms with Crippen molar-refractivity contribution < 1.29 is 0 Å². The zero-order valence-corrected chi connectivity index (χ0v) is 14.0. The van der Waals surface area contributed by atoms with Crippen LogP contribution in [0.15, 0.2) is 30.3 Å². The van der Waals surface area contributed by atoms with Gasteiger partial charge >= 0.3 is 0 Å². The molecule has 0 radical (unpaired) electrons. The molecule has 1 heterocycles. The molecule has 0 bridgehead atoms. The first kappa shape index (κ1) is 16.4. The third kappa shape index (κ3) is 5.35. The molecule has 118 valence electrons. The Morgan fingerprint density at radius 1 is 1.19 bits per heavy atom. The Morgan fingerprint density at radius 2 is 1.95 bits per heavy atom. The highest BCUT2D eigenvalue weighted by Gasteiger charge is 2.26. The second-order valence-electron chi connectivity index (χ2n) is 6.96. The summed E-state index contributed by atoms with van der Waals surface area (Å²) in [5.41, 5.74) is 1.38. The van der Waals surface area contributed by atoms with Crippen molar-refractivity contribution in [2.75, 3.05) is 24.5 Å². The Kier molecular flexibility index (Phi) is 6.56. The Balaban J connectivity index is 1.95. The number of benzene rings is 1. The van der Waals surface area contributed by atoms with Crippen molar-refractivity contribution in [1.82, 2.24) is 5.32 Å². The Labute approximate surface area is 130 Å². The molecule has 21 heavy (non-hydrogen) atoms. The van der Waals surface area contributed by atoms with Crippen LogP contribution in [0.5, 0.6) is 0 Å². The number of nitrogens with zero attached hydrogens (tertiary/aromatic N) is 1. The topological polar surface area (TPSA) is 15.3 Å². The molecular formula is C19H32N2. The average molecular weight is 288 g/mol. The second-order valence-corrected chi connectivity index (χ2v) is 6.96. The summed E-state index contributed by atoms with van der Waals surface area (Å²) >= 11 is 0. The summed E-state index contributed by atoms with van der Waals surface area (Å²) in [4.78, 5) is 2.58. The van der Waals surface area contributed by atoms with Gasteiger partial charge in [0.05, 0.1) is 0 Å². The van der Waals surface area contributed by atoms with E-state index in [1.54, 1.807) is 0 Å². The van der Waals surface area contributed by atoms with Gasteiger partial charge < -0.3 is 10.2 Å². The minimum absolute atomic E-state index is 0.647. The molecule has 0 aliphatic carbocycles. The molecule has 0 saturated carbocycles. The average Bonchev–Trinajstić information content (AvgIpc) is 2.48. The zero-order valence-electron chi connectivity index (χ0n) is 14.0. The number of rotatable bonds is 7. The van der Waals surface area contributed by atoms with Crippen molar-refractivity contribution in [2.24, 2.45) is 11.8 Å². The summed E-state index contributed by atoms with van der Waals surface area (Å²) in [6.07, 6.45) is 5.27. The smallest absolute Gasteiger partial charge is 0.0366 e. The van der Waals surface area contributed by atoms with Crippen molar-refractivity contribution in [3.63, 3.8) is 0 Å². The molecular weight excluding hydrogens is 256 g/mol. The van der Waals surface area contributed by atoms with Crippen LogP contribution in [-0.2, 0) is 0 Å². The molecule has 2 unspecified atom stereocenters.